The Labute approximate surface area is 177 Å². The molecule has 29 heavy (non-hydrogen) atoms. The summed E-state index contributed by atoms with van der Waals surface area (Å²) in [4.78, 5) is 13.1. The molecule has 0 fully saturated rings. The largest absolute Gasteiger partial charge is 0.424 e. The molecule has 6 nitrogen and oxygen atoms in total. The summed E-state index contributed by atoms with van der Waals surface area (Å²) < 4.78 is 5.79. The highest BCUT2D eigenvalue weighted by Gasteiger charge is 2.10. The molecule has 0 bridgehead atoms. The highest BCUT2D eigenvalue weighted by molar-refractivity contribution is 6.30. The number of nitrogens with one attached hydrogen (secondary N) is 2. The molecular formula is C21H15Cl2N5O. The van der Waals surface area contributed by atoms with E-state index in [1.165, 1.54) is 0 Å². The lowest BCUT2D eigenvalue weighted by Gasteiger charge is -2.11. The van der Waals surface area contributed by atoms with Crippen LogP contribution in [0.3, 0.4) is 0 Å². The van der Waals surface area contributed by atoms with Gasteiger partial charge in [-0.05, 0) is 60.7 Å². The smallest absolute Gasteiger partial charge is 0.328 e. The minimum atomic E-state index is 0.152. The summed E-state index contributed by atoms with van der Waals surface area (Å²) in [5.74, 6) is 1.27. The third kappa shape index (κ3) is 5.34. The zero-order valence-electron chi connectivity index (χ0n) is 15.0. The molecular weight excluding hydrogens is 409 g/mol. The van der Waals surface area contributed by atoms with Crippen LogP contribution in [-0.2, 0) is 0 Å². The number of hydrogen-bond acceptors (Lipinski definition) is 6. The van der Waals surface area contributed by atoms with Gasteiger partial charge in [-0.2, -0.15) is 15.0 Å². The van der Waals surface area contributed by atoms with Gasteiger partial charge in [0.2, 0.25) is 11.9 Å². The van der Waals surface area contributed by atoms with Gasteiger partial charge in [-0.3, -0.25) is 0 Å². The Morgan fingerprint density at radius 1 is 0.586 bits per heavy atom. The second-order valence-corrected chi connectivity index (χ2v) is 6.82. The molecule has 0 aliphatic carbocycles. The lowest BCUT2D eigenvalue weighted by Crippen LogP contribution is -2.05. The van der Waals surface area contributed by atoms with Crippen LogP contribution < -0.4 is 15.4 Å². The normalized spacial score (nSPS) is 10.4. The SMILES string of the molecule is Clc1ccc(Nc2nc(Nc3ccc(Cl)cc3)nc(Oc3ccccc3)n2)cc1. The summed E-state index contributed by atoms with van der Waals surface area (Å²) in [7, 11) is 0. The highest BCUT2D eigenvalue weighted by Crippen LogP contribution is 2.24. The maximum Gasteiger partial charge on any atom is 0.328 e. The van der Waals surface area contributed by atoms with E-state index >= 15 is 0 Å². The van der Waals surface area contributed by atoms with E-state index < -0.39 is 0 Å². The van der Waals surface area contributed by atoms with Gasteiger partial charge in [0.05, 0.1) is 0 Å². The minimum Gasteiger partial charge on any atom is -0.424 e. The Hall–Kier alpha value is -3.35. The van der Waals surface area contributed by atoms with E-state index in [0.29, 0.717) is 27.7 Å². The maximum absolute atomic E-state index is 5.95. The second kappa shape index (κ2) is 8.77. The van der Waals surface area contributed by atoms with Gasteiger partial charge >= 0.3 is 6.01 Å². The molecule has 8 heteroatoms. The molecule has 1 heterocycles. The first-order valence-corrected chi connectivity index (χ1v) is 9.44. The first kappa shape index (κ1) is 19.0. The summed E-state index contributed by atoms with van der Waals surface area (Å²) in [6.45, 7) is 0. The van der Waals surface area contributed by atoms with E-state index in [-0.39, 0.29) is 6.01 Å². The molecule has 3 aromatic carbocycles. The van der Waals surface area contributed by atoms with Gasteiger partial charge in [0, 0.05) is 21.4 Å². The first-order valence-electron chi connectivity index (χ1n) is 8.68. The van der Waals surface area contributed by atoms with Crippen LogP contribution in [0.5, 0.6) is 11.8 Å². The molecule has 0 radical (unpaired) electrons. The van der Waals surface area contributed by atoms with Gasteiger partial charge in [0.25, 0.3) is 0 Å². The van der Waals surface area contributed by atoms with Crippen molar-refractivity contribution in [3.8, 4) is 11.8 Å². The fourth-order valence-corrected chi connectivity index (χ4v) is 2.68. The molecule has 2 N–H and O–H groups in total. The quantitative estimate of drug-likeness (QED) is 0.370. The predicted molar refractivity (Wildman–Crippen MR) is 116 cm³/mol. The van der Waals surface area contributed by atoms with Gasteiger partial charge in [-0.1, -0.05) is 41.4 Å². The van der Waals surface area contributed by atoms with Crippen molar-refractivity contribution in [1.29, 1.82) is 0 Å². The topological polar surface area (TPSA) is 72.0 Å². The Morgan fingerprint density at radius 2 is 1.07 bits per heavy atom. The van der Waals surface area contributed by atoms with Crippen LogP contribution in [0.1, 0.15) is 0 Å². The van der Waals surface area contributed by atoms with E-state index in [1.54, 1.807) is 24.3 Å². The van der Waals surface area contributed by atoms with Crippen molar-refractivity contribution in [2.45, 2.75) is 0 Å². The van der Waals surface area contributed by atoms with Crippen LogP contribution in [0.4, 0.5) is 23.3 Å². The molecule has 0 atom stereocenters. The van der Waals surface area contributed by atoms with E-state index in [0.717, 1.165) is 11.4 Å². The summed E-state index contributed by atoms with van der Waals surface area (Å²) in [5.41, 5.74) is 1.56. The van der Waals surface area contributed by atoms with Crippen LogP contribution in [0.2, 0.25) is 10.0 Å². The van der Waals surface area contributed by atoms with Gasteiger partial charge in [0.15, 0.2) is 0 Å². The van der Waals surface area contributed by atoms with Crippen molar-refractivity contribution in [2.24, 2.45) is 0 Å². The number of anilines is 4. The zero-order valence-corrected chi connectivity index (χ0v) is 16.5. The molecule has 0 spiro atoms. The molecule has 0 saturated heterocycles. The van der Waals surface area contributed by atoms with E-state index in [4.69, 9.17) is 27.9 Å². The van der Waals surface area contributed by atoms with E-state index in [1.807, 2.05) is 54.6 Å². The minimum absolute atomic E-state index is 0.152. The Morgan fingerprint density at radius 3 is 1.55 bits per heavy atom. The fraction of sp³-hybridized carbons (Fsp3) is 0. The molecule has 0 unspecified atom stereocenters. The van der Waals surface area contributed by atoms with E-state index in [9.17, 15) is 0 Å². The van der Waals surface area contributed by atoms with Crippen LogP contribution in [0.25, 0.3) is 0 Å². The van der Waals surface area contributed by atoms with Gasteiger partial charge in [0.1, 0.15) is 5.75 Å². The fourth-order valence-electron chi connectivity index (χ4n) is 2.43. The number of para-hydroxylation sites is 1. The number of benzene rings is 3. The number of aromatic nitrogens is 3. The molecule has 1 aromatic heterocycles. The second-order valence-electron chi connectivity index (χ2n) is 5.94. The number of nitrogens with zero attached hydrogens (tertiary/aromatic N) is 3. The van der Waals surface area contributed by atoms with Crippen molar-refractivity contribution < 1.29 is 4.74 Å². The van der Waals surface area contributed by atoms with Gasteiger partial charge < -0.3 is 15.4 Å². The Bertz CT molecular complexity index is 1020. The van der Waals surface area contributed by atoms with Crippen LogP contribution >= 0.6 is 23.2 Å². The molecule has 0 aliphatic heterocycles. The van der Waals surface area contributed by atoms with Crippen molar-refractivity contribution >= 4 is 46.5 Å². The molecule has 4 aromatic rings. The number of rotatable bonds is 6. The van der Waals surface area contributed by atoms with Gasteiger partial charge in [-0.25, -0.2) is 0 Å². The monoisotopic (exact) mass is 423 g/mol. The molecule has 4 rings (SSSR count). The first-order chi connectivity index (χ1) is 14.1. The lowest BCUT2D eigenvalue weighted by molar-refractivity contribution is 0.441. The Kier molecular flexibility index (Phi) is 5.74. The van der Waals surface area contributed by atoms with Crippen molar-refractivity contribution in [3.05, 3.63) is 88.9 Å². The van der Waals surface area contributed by atoms with Crippen molar-refractivity contribution in [2.75, 3.05) is 10.6 Å². The van der Waals surface area contributed by atoms with Crippen LogP contribution in [-0.4, -0.2) is 15.0 Å². The number of ether oxygens (including phenoxy) is 1. The lowest BCUT2D eigenvalue weighted by atomic mass is 10.3. The summed E-state index contributed by atoms with van der Waals surface area (Å²) in [6.07, 6.45) is 0. The molecule has 0 amide bonds. The standard InChI is InChI=1S/C21H15Cl2N5O/c22-14-6-10-16(11-7-14)24-19-26-20(25-17-12-8-15(23)9-13-17)28-21(27-19)29-18-4-2-1-3-5-18/h1-13H,(H2,24,25,26,27,28). The third-order valence-electron chi connectivity index (χ3n) is 3.77. The summed E-state index contributed by atoms with van der Waals surface area (Å²) >= 11 is 11.9. The third-order valence-corrected chi connectivity index (χ3v) is 4.27. The van der Waals surface area contributed by atoms with Gasteiger partial charge in [-0.15, -0.1) is 0 Å². The number of hydrogen-bond donors (Lipinski definition) is 2. The Balaban J connectivity index is 1.64. The van der Waals surface area contributed by atoms with Crippen LogP contribution in [0.15, 0.2) is 78.9 Å². The average molecular weight is 424 g/mol. The zero-order chi connectivity index (χ0) is 20.1. The van der Waals surface area contributed by atoms with Crippen molar-refractivity contribution in [1.82, 2.24) is 15.0 Å². The van der Waals surface area contributed by atoms with Crippen molar-refractivity contribution in [3.63, 3.8) is 0 Å². The highest BCUT2D eigenvalue weighted by atomic mass is 35.5. The molecule has 0 saturated carbocycles. The molecule has 0 aliphatic rings. The summed E-state index contributed by atoms with van der Waals surface area (Å²) in [5, 5.41) is 7.55. The van der Waals surface area contributed by atoms with Crippen LogP contribution in [0, 0.1) is 0 Å². The van der Waals surface area contributed by atoms with E-state index in [2.05, 4.69) is 25.6 Å². The number of halogens is 2. The molecule has 144 valence electrons. The maximum atomic E-state index is 5.95. The average Bonchev–Trinajstić information content (AvgIpc) is 2.72. The summed E-state index contributed by atoms with van der Waals surface area (Å²) in [6, 6.07) is 23.9. The predicted octanol–water partition coefficient (Wildman–Crippen LogP) is 6.46.